The van der Waals surface area contributed by atoms with Crippen molar-refractivity contribution in [3.05, 3.63) is 24.3 Å². The van der Waals surface area contributed by atoms with Crippen molar-refractivity contribution in [1.29, 1.82) is 5.26 Å². The van der Waals surface area contributed by atoms with Gasteiger partial charge in [-0.2, -0.15) is 0 Å². The summed E-state index contributed by atoms with van der Waals surface area (Å²) in [4.78, 5) is 0. The summed E-state index contributed by atoms with van der Waals surface area (Å²) in [5, 5.41) is 6.50. The van der Waals surface area contributed by atoms with Gasteiger partial charge in [-0.15, -0.1) is 0 Å². The molecule has 0 aliphatic heterocycles. The monoisotopic (exact) mass is 150 g/mol. The van der Waals surface area contributed by atoms with Crippen molar-refractivity contribution in [3.63, 3.8) is 0 Å². The van der Waals surface area contributed by atoms with Crippen LogP contribution in [-0.2, 0) is 0 Å². The molecule has 3 heteroatoms. The van der Waals surface area contributed by atoms with Crippen LogP contribution < -0.4 is 10.5 Å². The normalized spacial score (nSPS) is 7.55. The highest BCUT2D eigenvalue weighted by atomic mass is 16.5. The maximum Gasteiger partial charge on any atom is 0.119 e. The Hall–Kier alpha value is -1.69. The van der Waals surface area contributed by atoms with Gasteiger partial charge in [-0.25, -0.2) is 5.26 Å². The molecule has 0 aromatic heterocycles. The molecule has 2 N–H and O–H groups in total. The molecule has 0 saturated carbocycles. The van der Waals surface area contributed by atoms with Crippen LogP contribution in [0.3, 0.4) is 0 Å². The summed E-state index contributed by atoms with van der Waals surface area (Å²) < 4.78 is 4.91. The largest absolute Gasteiger partial charge is 0.497 e. The summed E-state index contributed by atoms with van der Waals surface area (Å²) in [6, 6.07) is 7.27. The number of nitrogens with zero attached hydrogens (tertiary/aromatic N) is 1. The number of hydrogen-bond donors (Lipinski definition) is 1. The minimum atomic E-state index is 0.760. The van der Waals surface area contributed by atoms with Gasteiger partial charge in [-0.05, 0) is 24.3 Å². The molecule has 0 aliphatic carbocycles. The second-order valence-corrected chi connectivity index (χ2v) is 1.77. The minimum absolute atomic E-state index is 0.760. The molecule has 0 unspecified atom stereocenters. The Labute approximate surface area is 66.0 Å². The van der Waals surface area contributed by atoms with E-state index in [2.05, 4.69) is 6.57 Å². The quantitative estimate of drug-likeness (QED) is 0.616. The fraction of sp³-hybridized carbons (Fsp3) is 0.125. The predicted molar refractivity (Wildman–Crippen MR) is 44.1 cm³/mol. The molecule has 0 radical (unpaired) electrons. The molecule has 11 heavy (non-hydrogen) atoms. The highest BCUT2D eigenvalue weighted by Crippen LogP contribution is 2.11. The molecule has 0 amide bonds. The van der Waals surface area contributed by atoms with Crippen LogP contribution in [0.25, 0.3) is 0 Å². The van der Waals surface area contributed by atoms with Gasteiger partial charge >= 0.3 is 0 Å². The first-order chi connectivity index (χ1) is 5.33. The van der Waals surface area contributed by atoms with Gasteiger partial charge in [0.2, 0.25) is 0 Å². The Morgan fingerprint density at radius 1 is 1.27 bits per heavy atom. The lowest BCUT2D eigenvalue weighted by Crippen LogP contribution is -1.84. The van der Waals surface area contributed by atoms with Gasteiger partial charge in [0, 0.05) is 12.3 Å². The molecular formula is C8H10N2O. The zero-order valence-corrected chi connectivity index (χ0v) is 6.32. The standard InChI is InChI=1S/C7H9NO.CHN/c1-9-7-4-2-6(8)3-5-7;1-2/h2-5H,8H2,1H3;1H. The maximum atomic E-state index is 6.50. The Morgan fingerprint density at radius 2 is 1.73 bits per heavy atom. The second-order valence-electron chi connectivity index (χ2n) is 1.77. The fourth-order valence-corrected chi connectivity index (χ4v) is 0.604. The Morgan fingerprint density at radius 3 is 2.09 bits per heavy atom. The first-order valence-corrected chi connectivity index (χ1v) is 2.98. The van der Waals surface area contributed by atoms with Crippen LogP contribution in [0.4, 0.5) is 5.69 Å². The van der Waals surface area contributed by atoms with Crippen LogP contribution in [0.1, 0.15) is 0 Å². The third-order valence-electron chi connectivity index (χ3n) is 1.12. The van der Waals surface area contributed by atoms with E-state index in [4.69, 9.17) is 15.7 Å². The van der Waals surface area contributed by atoms with Gasteiger partial charge < -0.3 is 10.5 Å². The number of benzene rings is 1. The average Bonchev–Trinajstić information content (AvgIpc) is 2.10. The highest BCUT2D eigenvalue weighted by molar-refractivity contribution is 5.41. The fourth-order valence-electron chi connectivity index (χ4n) is 0.604. The van der Waals surface area contributed by atoms with Gasteiger partial charge in [0.05, 0.1) is 7.11 Å². The van der Waals surface area contributed by atoms with E-state index in [1.54, 1.807) is 19.2 Å². The first-order valence-electron chi connectivity index (χ1n) is 2.98. The van der Waals surface area contributed by atoms with Crippen molar-refractivity contribution in [2.24, 2.45) is 0 Å². The summed E-state index contributed by atoms with van der Waals surface area (Å²) in [5.41, 5.74) is 6.19. The van der Waals surface area contributed by atoms with E-state index in [1.165, 1.54) is 0 Å². The number of anilines is 1. The Kier molecular flexibility index (Phi) is 4.34. The lowest BCUT2D eigenvalue weighted by atomic mass is 10.3. The molecule has 3 nitrogen and oxygen atoms in total. The summed E-state index contributed by atoms with van der Waals surface area (Å²) in [5.74, 6) is 0.837. The molecule has 0 bridgehead atoms. The molecule has 1 rings (SSSR count). The van der Waals surface area contributed by atoms with Gasteiger partial charge in [0.15, 0.2) is 0 Å². The SMILES string of the molecule is C#N.COc1ccc(N)cc1. The third-order valence-corrected chi connectivity index (χ3v) is 1.12. The zero-order chi connectivity index (χ0) is 8.69. The molecule has 0 spiro atoms. The number of nitrogen functional groups attached to an aromatic ring is 1. The Balaban J connectivity index is 0.000000461. The summed E-state index contributed by atoms with van der Waals surface area (Å²) in [6.45, 7) is 3.50. The average molecular weight is 150 g/mol. The van der Waals surface area contributed by atoms with Crippen LogP contribution in [0, 0.1) is 11.8 Å². The van der Waals surface area contributed by atoms with Crippen LogP contribution in [0.15, 0.2) is 24.3 Å². The van der Waals surface area contributed by atoms with E-state index in [-0.39, 0.29) is 0 Å². The van der Waals surface area contributed by atoms with Gasteiger partial charge in [-0.1, -0.05) is 0 Å². The molecule has 0 fully saturated rings. The molecule has 58 valence electrons. The molecule has 0 heterocycles. The minimum Gasteiger partial charge on any atom is -0.497 e. The smallest absolute Gasteiger partial charge is 0.119 e. The van der Waals surface area contributed by atoms with E-state index >= 15 is 0 Å². The van der Waals surface area contributed by atoms with Crippen LogP contribution in [0.2, 0.25) is 0 Å². The number of nitriles is 1. The lowest BCUT2D eigenvalue weighted by molar-refractivity contribution is 0.415. The number of ether oxygens (including phenoxy) is 1. The summed E-state index contributed by atoms with van der Waals surface area (Å²) in [6.07, 6.45) is 0. The maximum absolute atomic E-state index is 6.50. The van der Waals surface area contributed by atoms with E-state index in [0.29, 0.717) is 0 Å². The van der Waals surface area contributed by atoms with Crippen molar-refractivity contribution < 1.29 is 4.74 Å². The van der Waals surface area contributed by atoms with Crippen molar-refractivity contribution in [3.8, 4) is 12.3 Å². The Bertz CT molecular complexity index is 215. The van der Waals surface area contributed by atoms with Gasteiger partial charge in [0.25, 0.3) is 0 Å². The molecule has 0 aliphatic rings. The number of hydrogen-bond acceptors (Lipinski definition) is 3. The highest BCUT2D eigenvalue weighted by Gasteiger charge is 1.85. The van der Waals surface area contributed by atoms with E-state index in [9.17, 15) is 0 Å². The van der Waals surface area contributed by atoms with E-state index < -0.39 is 0 Å². The van der Waals surface area contributed by atoms with E-state index in [1.807, 2.05) is 12.1 Å². The number of nitrogens with two attached hydrogens (primary N) is 1. The van der Waals surface area contributed by atoms with Crippen LogP contribution in [-0.4, -0.2) is 7.11 Å². The molecule has 1 aromatic carbocycles. The first kappa shape index (κ1) is 9.31. The molecule has 0 atom stereocenters. The van der Waals surface area contributed by atoms with Crippen LogP contribution >= 0.6 is 0 Å². The molecular weight excluding hydrogens is 140 g/mol. The van der Waals surface area contributed by atoms with Gasteiger partial charge in [0.1, 0.15) is 5.75 Å². The van der Waals surface area contributed by atoms with Crippen molar-refractivity contribution >= 4 is 5.69 Å². The topological polar surface area (TPSA) is 59.0 Å². The number of rotatable bonds is 1. The lowest BCUT2D eigenvalue weighted by Gasteiger charge is -1.97. The van der Waals surface area contributed by atoms with Crippen molar-refractivity contribution in [1.82, 2.24) is 0 Å². The summed E-state index contributed by atoms with van der Waals surface area (Å²) in [7, 11) is 1.63. The predicted octanol–water partition coefficient (Wildman–Crippen LogP) is 1.42. The molecule has 0 saturated heterocycles. The second kappa shape index (κ2) is 5.12. The third kappa shape index (κ3) is 3.11. The van der Waals surface area contributed by atoms with Crippen molar-refractivity contribution in [2.75, 3.05) is 12.8 Å². The zero-order valence-electron chi connectivity index (χ0n) is 6.32. The number of methoxy groups -OCH3 is 1. The summed E-state index contributed by atoms with van der Waals surface area (Å²) >= 11 is 0. The molecule has 1 aromatic rings. The van der Waals surface area contributed by atoms with E-state index in [0.717, 1.165) is 11.4 Å². The van der Waals surface area contributed by atoms with Gasteiger partial charge in [-0.3, -0.25) is 0 Å². The van der Waals surface area contributed by atoms with Crippen LogP contribution in [0.5, 0.6) is 5.75 Å². The van der Waals surface area contributed by atoms with Crippen molar-refractivity contribution in [2.45, 2.75) is 0 Å².